The second-order valence-electron chi connectivity index (χ2n) is 7.54. The fraction of sp³-hybridized carbons (Fsp3) is 0.545. The van der Waals surface area contributed by atoms with Crippen LogP contribution < -0.4 is 15.5 Å². The van der Waals surface area contributed by atoms with Crippen molar-refractivity contribution in [2.45, 2.75) is 52.5 Å². The maximum Gasteiger partial charge on any atom is 0.253 e. The Bertz CT molecular complexity index is 731. The number of hydrogen-bond donors (Lipinski definition) is 2. The molecule has 0 spiro atoms. The summed E-state index contributed by atoms with van der Waals surface area (Å²) < 4.78 is 0. The number of anilines is 1. The van der Waals surface area contributed by atoms with Gasteiger partial charge in [0.2, 0.25) is 0 Å². The lowest BCUT2D eigenvalue weighted by atomic mass is 9.94. The molecule has 152 valence electrons. The molecule has 0 bridgehead atoms. The molecule has 1 atom stereocenters. The summed E-state index contributed by atoms with van der Waals surface area (Å²) in [6, 6.07) is 8.29. The van der Waals surface area contributed by atoms with Crippen LogP contribution in [0.15, 0.2) is 35.5 Å². The molecule has 1 aromatic carbocycles. The Morgan fingerprint density at radius 2 is 1.71 bits per heavy atom. The van der Waals surface area contributed by atoms with Crippen molar-refractivity contribution in [2.75, 3.05) is 31.1 Å². The first-order valence-electron chi connectivity index (χ1n) is 10.5. The molecule has 28 heavy (non-hydrogen) atoms. The van der Waals surface area contributed by atoms with Crippen molar-refractivity contribution in [2.24, 2.45) is 0 Å². The highest BCUT2D eigenvalue weighted by Gasteiger charge is 2.32. The number of likely N-dealkylation sites (tertiary alicyclic amines) is 1. The molecule has 1 unspecified atom stereocenters. The summed E-state index contributed by atoms with van der Waals surface area (Å²) in [4.78, 5) is 17.7. The molecule has 1 saturated heterocycles. The monoisotopic (exact) mass is 400 g/mol. The third-order valence-electron chi connectivity index (χ3n) is 5.75. The molecule has 0 saturated carbocycles. The number of benzene rings is 1. The first-order chi connectivity index (χ1) is 13.5. The van der Waals surface area contributed by atoms with Crippen molar-refractivity contribution in [3.05, 3.63) is 41.1 Å². The van der Waals surface area contributed by atoms with Gasteiger partial charge in [0.25, 0.3) is 5.91 Å². The Hall–Kier alpha value is -2.08. The van der Waals surface area contributed by atoms with Gasteiger partial charge in [0.1, 0.15) is 0 Å². The molecule has 2 aliphatic heterocycles. The van der Waals surface area contributed by atoms with E-state index in [1.807, 2.05) is 11.8 Å². The van der Waals surface area contributed by atoms with E-state index in [4.69, 9.17) is 12.2 Å². The topological polar surface area (TPSA) is 47.6 Å². The fourth-order valence-electron chi connectivity index (χ4n) is 4.14. The van der Waals surface area contributed by atoms with Crippen molar-refractivity contribution >= 4 is 28.9 Å². The number of carbonyl (C=O) groups is 1. The zero-order chi connectivity index (χ0) is 20.1. The number of allylic oxidation sites excluding steroid dienone is 1. The molecule has 1 aromatic rings. The van der Waals surface area contributed by atoms with E-state index in [1.165, 1.54) is 18.5 Å². The van der Waals surface area contributed by atoms with Crippen molar-refractivity contribution in [3.63, 3.8) is 0 Å². The zero-order valence-corrected chi connectivity index (χ0v) is 18.1. The third kappa shape index (κ3) is 4.49. The van der Waals surface area contributed by atoms with Gasteiger partial charge in [0.15, 0.2) is 5.11 Å². The normalized spacial score (nSPS) is 20.3. The fourth-order valence-corrected chi connectivity index (χ4v) is 4.41. The molecular formula is C22H32N4OS. The van der Waals surface area contributed by atoms with Crippen LogP contribution in [0.2, 0.25) is 0 Å². The number of amides is 1. The molecule has 3 rings (SSSR count). The van der Waals surface area contributed by atoms with Crippen molar-refractivity contribution in [1.82, 2.24) is 15.5 Å². The summed E-state index contributed by atoms with van der Waals surface area (Å²) in [5.74, 6) is 0.125. The summed E-state index contributed by atoms with van der Waals surface area (Å²) in [7, 11) is 0. The lowest BCUT2D eigenvalue weighted by molar-refractivity contribution is -0.127. The van der Waals surface area contributed by atoms with Crippen LogP contribution >= 0.6 is 12.2 Å². The molecule has 0 radical (unpaired) electrons. The van der Waals surface area contributed by atoms with Crippen LogP contribution in [0.1, 0.15) is 58.1 Å². The van der Waals surface area contributed by atoms with Crippen molar-refractivity contribution in [1.29, 1.82) is 0 Å². The van der Waals surface area contributed by atoms with E-state index in [1.54, 1.807) is 0 Å². The second-order valence-corrected chi connectivity index (χ2v) is 7.95. The Morgan fingerprint density at radius 1 is 1.11 bits per heavy atom. The minimum atomic E-state index is -0.213. The van der Waals surface area contributed by atoms with Crippen LogP contribution in [-0.4, -0.2) is 42.1 Å². The molecule has 6 heteroatoms. The standard InChI is InChI=1S/C22H32N4OS/c1-4-25(5-2)18-12-10-17(11-13-18)20-19(16(3)23-22(28)24-20)21(27)26-14-8-6-7-9-15-26/h10-13,20H,4-9,14-15H2,1-3H3,(H2,23,24,28). The van der Waals surface area contributed by atoms with Crippen LogP contribution in [0.5, 0.6) is 0 Å². The van der Waals surface area contributed by atoms with E-state index in [0.717, 1.165) is 55.9 Å². The van der Waals surface area contributed by atoms with Gasteiger partial charge < -0.3 is 20.4 Å². The maximum absolute atomic E-state index is 13.4. The molecular weight excluding hydrogens is 368 g/mol. The highest BCUT2D eigenvalue weighted by atomic mass is 32.1. The summed E-state index contributed by atoms with van der Waals surface area (Å²) >= 11 is 5.39. The van der Waals surface area contributed by atoms with Crippen LogP contribution in [0, 0.1) is 0 Å². The van der Waals surface area contributed by atoms with Gasteiger partial charge in [-0.25, -0.2) is 0 Å². The van der Waals surface area contributed by atoms with Crippen molar-refractivity contribution < 1.29 is 4.79 Å². The minimum Gasteiger partial charge on any atom is -0.372 e. The zero-order valence-electron chi connectivity index (χ0n) is 17.3. The van der Waals surface area contributed by atoms with E-state index in [9.17, 15) is 4.79 Å². The summed E-state index contributed by atoms with van der Waals surface area (Å²) in [6.45, 7) is 9.91. The van der Waals surface area contributed by atoms with Gasteiger partial charge in [-0.15, -0.1) is 0 Å². The average molecular weight is 401 g/mol. The van der Waals surface area contributed by atoms with Gasteiger partial charge in [0, 0.05) is 37.6 Å². The smallest absolute Gasteiger partial charge is 0.253 e. The first-order valence-corrected chi connectivity index (χ1v) is 10.9. The lowest BCUT2D eigenvalue weighted by Gasteiger charge is -2.33. The maximum atomic E-state index is 13.4. The van der Waals surface area contributed by atoms with Crippen molar-refractivity contribution in [3.8, 4) is 0 Å². The van der Waals surface area contributed by atoms with Gasteiger partial charge in [-0.05, 0) is 63.5 Å². The molecule has 2 aliphatic rings. The first kappa shape index (κ1) is 20.6. The van der Waals surface area contributed by atoms with Gasteiger partial charge in [-0.3, -0.25) is 4.79 Å². The van der Waals surface area contributed by atoms with Crippen LogP contribution in [0.4, 0.5) is 5.69 Å². The quantitative estimate of drug-likeness (QED) is 0.738. The van der Waals surface area contributed by atoms with E-state index < -0.39 is 0 Å². The Kier molecular flexibility index (Phi) is 6.94. The minimum absolute atomic E-state index is 0.125. The van der Waals surface area contributed by atoms with Gasteiger partial charge in [-0.2, -0.15) is 0 Å². The Morgan fingerprint density at radius 3 is 2.29 bits per heavy atom. The van der Waals surface area contributed by atoms with Crippen LogP contribution in [0.25, 0.3) is 0 Å². The molecule has 2 N–H and O–H groups in total. The Balaban J connectivity index is 1.89. The number of hydrogen-bond acceptors (Lipinski definition) is 3. The molecule has 1 amide bonds. The van der Waals surface area contributed by atoms with Crippen LogP contribution in [0.3, 0.4) is 0 Å². The summed E-state index contributed by atoms with van der Waals surface area (Å²) in [5.41, 5.74) is 3.91. The Labute approximate surface area is 174 Å². The number of nitrogens with zero attached hydrogens (tertiary/aromatic N) is 2. The number of carbonyl (C=O) groups excluding carboxylic acids is 1. The highest BCUT2D eigenvalue weighted by Crippen LogP contribution is 2.30. The number of rotatable bonds is 5. The molecule has 0 aromatic heterocycles. The van der Waals surface area contributed by atoms with Gasteiger partial charge in [0.05, 0.1) is 11.6 Å². The van der Waals surface area contributed by atoms with Crippen LogP contribution in [-0.2, 0) is 4.79 Å². The highest BCUT2D eigenvalue weighted by molar-refractivity contribution is 7.80. The predicted molar refractivity (Wildman–Crippen MR) is 119 cm³/mol. The molecule has 5 nitrogen and oxygen atoms in total. The van der Waals surface area contributed by atoms with Gasteiger partial charge >= 0.3 is 0 Å². The number of thiocarbonyl (C=S) groups is 1. The van der Waals surface area contributed by atoms with E-state index >= 15 is 0 Å². The van der Waals surface area contributed by atoms with E-state index in [-0.39, 0.29) is 11.9 Å². The van der Waals surface area contributed by atoms with Gasteiger partial charge in [-0.1, -0.05) is 25.0 Å². The SMILES string of the molecule is CCN(CC)c1ccc(C2NC(=S)NC(C)=C2C(=O)N2CCCCCC2)cc1. The third-order valence-corrected chi connectivity index (χ3v) is 5.97. The number of nitrogens with one attached hydrogen (secondary N) is 2. The molecule has 0 aliphatic carbocycles. The summed E-state index contributed by atoms with van der Waals surface area (Å²) in [5, 5.41) is 7.06. The lowest BCUT2D eigenvalue weighted by Crippen LogP contribution is -2.47. The largest absolute Gasteiger partial charge is 0.372 e. The molecule has 2 heterocycles. The second kappa shape index (κ2) is 9.41. The average Bonchev–Trinajstić information content (AvgIpc) is 2.98. The van der Waals surface area contributed by atoms with E-state index in [2.05, 4.69) is 53.6 Å². The summed E-state index contributed by atoms with van der Waals surface area (Å²) in [6.07, 6.45) is 4.58. The van der Waals surface area contributed by atoms with E-state index in [0.29, 0.717) is 5.11 Å². The predicted octanol–water partition coefficient (Wildman–Crippen LogP) is 3.73. The molecule has 1 fully saturated rings.